The number of allylic oxidation sites excluding steroid dienone is 5. The van der Waals surface area contributed by atoms with E-state index in [9.17, 15) is 5.11 Å². The van der Waals surface area contributed by atoms with Gasteiger partial charge in [0.25, 0.3) is 0 Å². The van der Waals surface area contributed by atoms with Gasteiger partial charge in [0.15, 0.2) is 0 Å². The zero-order chi connectivity index (χ0) is 12.5. The average molecular weight is 238 g/mol. The topological polar surface area (TPSA) is 20.2 Å². The third kappa shape index (κ3) is 2.06. The van der Waals surface area contributed by atoms with E-state index in [4.69, 9.17) is 0 Å². The molecule has 2 unspecified atom stereocenters. The van der Waals surface area contributed by atoms with Crippen molar-refractivity contribution >= 4 is 5.57 Å². The quantitative estimate of drug-likeness (QED) is 0.824. The number of rotatable bonds is 2. The summed E-state index contributed by atoms with van der Waals surface area (Å²) in [5, 5.41) is 10.0. The Kier molecular flexibility index (Phi) is 2.92. The fourth-order valence-electron chi connectivity index (χ4n) is 2.88. The van der Waals surface area contributed by atoms with E-state index in [0.29, 0.717) is 5.92 Å². The molecule has 0 aromatic heterocycles. The van der Waals surface area contributed by atoms with Crippen LogP contribution in [0.5, 0.6) is 0 Å². The molecule has 2 atom stereocenters. The first-order chi connectivity index (χ1) is 8.74. The van der Waals surface area contributed by atoms with E-state index in [2.05, 4.69) is 31.2 Å². The van der Waals surface area contributed by atoms with Crippen molar-refractivity contribution < 1.29 is 5.11 Å². The number of hydrogen-bond acceptors (Lipinski definition) is 1. The maximum Gasteiger partial charge on any atom is 0.0983 e. The van der Waals surface area contributed by atoms with Gasteiger partial charge in [-0.2, -0.15) is 0 Å². The normalized spacial score (nSPS) is 25.7. The maximum atomic E-state index is 10.0. The molecule has 0 fully saturated rings. The molecule has 1 N–H and O–H groups in total. The van der Waals surface area contributed by atoms with Gasteiger partial charge in [-0.05, 0) is 41.5 Å². The molecule has 1 heteroatoms. The van der Waals surface area contributed by atoms with Crippen LogP contribution < -0.4 is 0 Å². The van der Waals surface area contributed by atoms with Crippen molar-refractivity contribution in [3.05, 3.63) is 65.3 Å². The third-order valence-corrected chi connectivity index (χ3v) is 3.76. The summed E-state index contributed by atoms with van der Waals surface area (Å²) in [7, 11) is 0. The molecule has 2 aliphatic carbocycles. The van der Waals surface area contributed by atoms with Crippen molar-refractivity contribution in [2.75, 3.05) is 0 Å². The number of aliphatic hydroxyl groups excluding tert-OH is 1. The van der Waals surface area contributed by atoms with Crippen LogP contribution in [0.2, 0.25) is 0 Å². The zero-order valence-electron chi connectivity index (χ0n) is 10.6. The SMILES string of the molecule is CC1C=CC=C(CC2=CC(O)c3ccccc32)C1. The lowest BCUT2D eigenvalue weighted by Crippen LogP contribution is -1.98. The van der Waals surface area contributed by atoms with Crippen molar-refractivity contribution in [2.45, 2.75) is 25.9 Å². The van der Waals surface area contributed by atoms with Crippen LogP contribution in [0, 0.1) is 5.92 Å². The number of aliphatic hydroxyl groups is 1. The highest BCUT2D eigenvalue weighted by molar-refractivity contribution is 5.75. The van der Waals surface area contributed by atoms with Crippen LogP contribution in [-0.2, 0) is 0 Å². The van der Waals surface area contributed by atoms with E-state index in [1.54, 1.807) is 0 Å². The third-order valence-electron chi connectivity index (χ3n) is 3.76. The Labute approximate surface area is 108 Å². The summed E-state index contributed by atoms with van der Waals surface area (Å²) >= 11 is 0. The monoisotopic (exact) mass is 238 g/mol. The molecule has 0 amide bonds. The van der Waals surface area contributed by atoms with Crippen molar-refractivity contribution in [3.8, 4) is 0 Å². The standard InChI is InChI=1S/C17H18O/c1-12-5-4-6-13(9-12)10-14-11-17(18)16-8-3-2-7-15(14)16/h2-8,11-12,17-18H,9-10H2,1H3. The zero-order valence-corrected chi connectivity index (χ0v) is 10.6. The molecule has 0 heterocycles. The summed E-state index contributed by atoms with van der Waals surface area (Å²) < 4.78 is 0. The first kappa shape index (κ1) is 11.5. The molecule has 3 rings (SSSR count). The van der Waals surface area contributed by atoms with Crippen LogP contribution in [0.4, 0.5) is 0 Å². The van der Waals surface area contributed by atoms with Crippen LogP contribution in [0.3, 0.4) is 0 Å². The van der Waals surface area contributed by atoms with Gasteiger partial charge in [0, 0.05) is 0 Å². The molecule has 0 saturated carbocycles. The molecule has 0 bridgehead atoms. The minimum Gasteiger partial charge on any atom is -0.384 e. The van der Waals surface area contributed by atoms with E-state index in [-0.39, 0.29) is 0 Å². The Morgan fingerprint density at radius 2 is 2.11 bits per heavy atom. The summed E-state index contributed by atoms with van der Waals surface area (Å²) in [5.74, 6) is 0.632. The van der Waals surface area contributed by atoms with Gasteiger partial charge in [-0.15, -0.1) is 0 Å². The molecule has 1 aromatic carbocycles. The van der Waals surface area contributed by atoms with E-state index in [0.717, 1.165) is 18.4 Å². The summed E-state index contributed by atoms with van der Waals surface area (Å²) in [4.78, 5) is 0. The molecule has 0 spiro atoms. The van der Waals surface area contributed by atoms with Gasteiger partial charge in [0.2, 0.25) is 0 Å². The number of fused-ring (bicyclic) bond motifs is 1. The van der Waals surface area contributed by atoms with E-state index in [1.807, 2.05) is 24.3 Å². The number of benzene rings is 1. The predicted octanol–water partition coefficient (Wildman–Crippen LogP) is 4.03. The molecule has 18 heavy (non-hydrogen) atoms. The average Bonchev–Trinajstić information content (AvgIpc) is 2.67. The summed E-state index contributed by atoms with van der Waals surface area (Å²) in [6, 6.07) is 8.16. The second-order valence-corrected chi connectivity index (χ2v) is 5.29. The van der Waals surface area contributed by atoms with Crippen LogP contribution in [-0.4, -0.2) is 5.11 Å². The largest absolute Gasteiger partial charge is 0.384 e. The van der Waals surface area contributed by atoms with E-state index in [1.165, 1.54) is 16.7 Å². The Balaban J connectivity index is 1.85. The van der Waals surface area contributed by atoms with E-state index >= 15 is 0 Å². The van der Waals surface area contributed by atoms with E-state index < -0.39 is 6.10 Å². The van der Waals surface area contributed by atoms with Crippen LogP contribution >= 0.6 is 0 Å². The lowest BCUT2D eigenvalue weighted by Gasteiger charge is -2.15. The van der Waals surface area contributed by atoms with Gasteiger partial charge in [-0.1, -0.05) is 55.0 Å². The Morgan fingerprint density at radius 1 is 1.28 bits per heavy atom. The molecule has 1 nitrogen and oxygen atoms in total. The highest BCUT2D eigenvalue weighted by Crippen LogP contribution is 2.38. The molecule has 0 aliphatic heterocycles. The second kappa shape index (κ2) is 4.58. The Bertz CT molecular complexity index is 548. The van der Waals surface area contributed by atoms with Crippen molar-refractivity contribution in [1.29, 1.82) is 0 Å². The summed E-state index contributed by atoms with van der Waals surface area (Å²) in [6.45, 7) is 2.25. The fraction of sp³-hybridized carbons (Fsp3) is 0.294. The van der Waals surface area contributed by atoms with Crippen LogP contribution in [0.25, 0.3) is 5.57 Å². The fourth-order valence-corrected chi connectivity index (χ4v) is 2.88. The molecule has 1 aromatic rings. The molecule has 0 saturated heterocycles. The van der Waals surface area contributed by atoms with Crippen molar-refractivity contribution in [2.24, 2.45) is 5.92 Å². The molecular formula is C17H18O. The smallest absolute Gasteiger partial charge is 0.0983 e. The van der Waals surface area contributed by atoms with Gasteiger partial charge >= 0.3 is 0 Å². The Morgan fingerprint density at radius 3 is 2.94 bits per heavy atom. The lowest BCUT2D eigenvalue weighted by atomic mass is 9.90. The molecule has 2 aliphatic rings. The number of hydrogen-bond donors (Lipinski definition) is 1. The van der Waals surface area contributed by atoms with Gasteiger partial charge in [0.1, 0.15) is 0 Å². The van der Waals surface area contributed by atoms with Gasteiger partial charge in [-0.25, -0.2) is 0 Å². The van der Waals surface area contributed by atoms with Gasteiger partial charge < -0.3 is 5.11 Å². The first-order valence-corrected chi connectivity index (χ1v) is 6.58. The minimum absolute atomic E-state index is 0.423. The highest BCUT2D eigenvalue weighted by atomic mass is 16.3. The Hall–Kier alpha value is -1.60. The first-order valence-electron chi connectivity index (χ1n) is 6.58. The van der Waals surface area contributed by atoms with Gasteiger partial charge in [0.05, 0.1) is 6.10 Å². The highest BCUT2D eigenvalue weighted by Gasteiger charge is 2.21. The molecule has 92 valence electrons. The molecule has 0 radical (unpaired) electrons. The van der Waals surface area contributed by atoms with Gasteiger partial charge in [-0.3, -0.25) is 0 Å². The van der Waals surface area contributed by atoms with Crippen LogP contribution in [0.1, 0.15) is 37.0 Å². The maximum absolute atomic E-state index is 10.0. The molecular weight excluding hydrogens is 220 g/mol. The predicted molar refractivity (Wildman–Crippen MR) is 75.0 cm³/mol. The van der Waals surface area contributed by atoms with Crippen molar-refractivity contribution in [1.82, 2.24) is 0 Å². The minimum atomic E-state index is -0.423. The summed E-state index contributed by atoms with van der Waals surface area (Å²) in [6.07, 6.45) is 10.3. The second-order valence-electron chi connectivity index (χ2n) is 5.29. The summed E-state index contributed by atoms with van der Waals surface area (Å²) in [5.41, 5.74) is 4.99. The van der Waals surface area contributed by atoms with Crippen molar-refractivity contribution in [3.63, 3.8) is 0 Å². The lowest BCUT2D eigenvalue weighted by molar-refractivity contribution is 0.232. The van der Waals surface area contributed by atoms with Crippen LogP contribution in [0.15, 0.2) is 54.1 Å².